The van der Waals surface area contributed by atoms with E-state index in [9.17, 15) is 5.26 Å². The Morgan fingerprint density at radius 1 is 1.39 bits per heavy atom. The van der Waals surface area contributed by atoms with Crippen molar-refractivity contribution in [3.63, 3.8) is 0 Å². The van der Waals surface area contributed by atoms with Crippen molar-refractivity contribution in [3.05, 3.63) is 28.3 Å². The van der Waals surface area contributed by atoms with Gasteiger partial charge in [-0.15, -0.1) is 0 Å². The second-order valence-electron chi connectivity index (χ2n) is 5.69. The lowest BCUT2D eigenvalue weighted by atomic mass is 9.89. The summed E-state index contributed by atoms with van der Waals surface area (Å²) in [6, 6.07) is 6.57. The second-order valence-corrected chi connectivity index (χ2v) is 6.10. The van der Waals surface area contributed by atoms with Crippen molar-refractivity contribution in [2.75, 3.05) is 11.4 Å². The van der Waals surface area contributed by atoms with Gasteiger partial charge in [0.1, 0.15) is 0 Å². The number of benzene rings is 1. The lowest BCUT2D eigenvalue weighted by molar-refractivity contribution is 0.438. The molecule has 0 bridgehead atoms. The first-order chi connectivity index (χ1) is 8.37. The van der Waals surface area contributed by atoms with Crippen LogP contribution in [0, 0.1) is 31.1 Å². The van der Waals surface area contributed by atoms with Crippen LogP contribution in [0.1, 0.15) is 31.4 Å². The van der Waals surface area contributed by atoms with Gasteiger partial charge in [0.25, 0.3) is 0 Å². The minimum absolute atomic E-state index is 0.0641. The molecule has 1 aliphatic heterocycles. The standard InChI is InChI=1S/C15H19ClN2/c1-10-7-11(2)14(13(16)8-10)18-6-5-12(9-17)15(18,3)4/h7-8,12H,5-6H2,1-4H3. The molecular weight excluding hydrogens is 244 g/mol. The van der Waals surface area contributed by atoms with Crippen LogP contribution in [-0.4, -0.2) is 12.1 Å². The zero-order valence-corrected chi connectivity index (χ0v) is 12.2. The summed E-state index contributed by atoms with van der Waals surface area (Å²) in [5.74, 6) is 0.0641. The molecule has 0 aliphatic carbocycles. The number of nitriles is 1. The van der Waals surface area contributed by atoms with E-state index in [-0.39, 0.29) is 11.5 Å². The Morgan fingerprint density at radius 3 is 2.56 bits per heavy atom. The first kappa shape index (κ1) is 13.2. The van der Waals surface area contributed by atoms with Crippen molar-refractivity contribution >= 4 is 17.3 Å². The third kappa shape index (κ3) is 1.97. The summed E-state index contributed by atoms with van der Waals surface area (Å²) >= 11 is 6.41. The SMILES string of the molecule is Cc1cc(C)c(N2CCC(C#N)C2(C)C)c(Cl)c1. The zero-order valence-electron chi connectivity index (χ0n) is 11.4. The Morgan fingerprint density at radius 2 is 2.06 bits per heavy atom. The van der Waals surface area contributed by atoms with Crippen LogP contribution in [-0.2, 0) is 0 Å². The summed E-state index contributed by atoms with van der Waals surface area (Å²) in [5, 5.41) is 10.0. The minimum atomic E-state index is -0.154. The van der Waals surface area contributed by atoms with Gasteiger partial charge in [-0.1, -0.05) is 17.7 Å². The van der Waals surface area contributed by atoms with Crippen LogP contribution < -0.4 is 4.90 Å². The molecule has 1 saturated heterocycles. The molecule has 0 N–H and O–H groups in total. The minimum Gasteiger partial charge on any atom is -0.364 e. The number of hydrogen-bond donors (Lipinski definition) is 0. The van der Waals surface area contributed by atoms with Gasteiger partial charge < -0.3 is 4.90 Å². The van der Waals surface area contributed by atoms with E-state index in [1.807, 2.05) is 6.07 Å². The van der Waals surface area contributed by atoms with Crippen molar-refractivity contribution < 1.29 is 0 Å². The Balaban J connectivity index is 2.49. The van der Waals surface area contributed by atoms with Crippen LogP contribution >= 0.6 is 11.6 Å². The molecular formula is C15H19ClN2. The summed E-state index contributed by atoms with van der Waals surface area (Å²) in [6.45, 7) is 9.29. The molecule has 2 nitrogen and oxygen atoms in total. The Bertz CT molecular complexity index is 491. The molecule has 0 spiro atoms. The molecule has 1 aromatic carbocycles. The summed E-state index contributed by atoms with van der Waals surface area (Å²) in [7, 11) is 0. The van der Waals surface area contributed by atoms with Gasteiger partial charge in [0, 0.05) is 6.54 Å². The Hall–Kier alpha value is -1.20. The smallest absolute Gasteiger partial charge is 0.0706 e. The quantitative estimate of drug-likeness (QED) is 0.762. The van der Waals surface area contributed by atoms with Gasteiger partial charge in [-0.2, -0.15) is 5.26 Å². The predicted octanol–water partition coefficient (Wildman–Crippen LogP) is 4.09. The van der Waals surface area contributed by atoms with E-state index in [2.05, 4.69) is 44.7 Å². The highest BCUT2D eigenvalue weighted by Crippen LogP contribution is 2.42. The third-order valence-corrected chi connectivity index (χ3v) is 4.30. The lowest BCUT2D eigenvalue weighted by Crippen LogP contribution is -2.42. The van der Waals surface area contributed by atoms with Gasteiger partial charge in [0.05, 0.1) is 28.2 Å². The highest BCUT2D eigenvalue weighted by atomic mass is 35.5. The van der Waals surface area contributed by atoms with Gasteiger partial charge >= 0.3 is 0 Å². The van der Waals surface area contributed by atoms with E-state index in [0.29, 0.717) is 0 Å². The van der Waals surface area contributed by atoms with Gasteiger partial charge in [-0.3, -0.25) is 0 Å². The first-order valence-corrected chi connectivity index (χ1v) is 6.69. The summed E-state index contributed by atoms with van der Waals surface area (Å²) in [5.41, 5.74) is 3.30. The van der Waals surface area contributed by atoms with Crippen LogP contribution in [0.5, 0.6) is 0 Å². The van der Waals surface area contributed by atoms with Gasteiger partial charge in [-0.25, -0.2) is 0 Å². The Labute approximate surface area is 114 Å². The summed E-state index contributed by atoms with van der Waals surface area (Å²) in [6.07, 6.45) is 0.910. The van der Waals surface area contributed by atoms with Crippen LogP contribution in [0.4, 0.5) is 5.69 Å². The number of halogens is 1. The molecule has 96 valence electrons. The predicted molar refractivity (Wildman–Crippen MR) is 76.1 cm³/mol. The van der Waals surface area contributed by atoms with E-state index in [1.54, 1.807) is 0 Å². The molecule has 0 aromatic heterocycles. The molecule has 1 heterocycles. The van der Waals surface area contributed by atoms with Crippen molar-refractivity contribution in [2.24, 2.45) is 5.92 Å². The molecule has 0 radical (unpaired) electrons. The summed E-state index contributed by atoms with van der Waals surface area (Å²) < 4.78 is 0. The largest absolute Gasteiger partial charge is 0.364 e. The number of nitrogens with zero attached hydrogens (tertiary/aromatic N) is 2. The molecule has 1 aromatic rings. The molecule has 3 heteroatoms. The molecule has 1 atom stereocenters. The number of hydrogen-bond acceptors (Lipinski definition) is 2. The van der Waals surface area contributed by atoms with Crippen LogP contribution in [0.2, 0.25) is 5.02 Å². The number of rotatable bonds is 1. The Kier molecular flexibility index (Phi) is 3.29. The zero-order chi connectivity index (χ0) is 13.5. The van der Waals surface area contributed by atoms with Crippen molar-refractivity contribution in [1.82, 2.24) is 0 Å². The van der Waals surface area contributed by atoms with Crippen molar-refractivity contribution in [2.45, 2.75) is 39.7 Å². The lowest BCUT2D eigenvalue weighted by Gasteiger charge is -2.37. The molecule has 0 amide bonds. The molecule has 1 fully saturated rings. The molecule has 18 heavy (non-hydrogen) atoms. The van der Waals surface area contributed by atoms with Gasteiger partial charge in [0.2, 0.25) is 0 Å². The van der Waals surface area contributed by atoms with Gasteiger partial charge in [-0.05, 0) is 51.3 Å². The highest BCUT2D eigenvalue weighted by molar-refractivity contribution is 6.33. The van der Waals surface area contributed by atoms with E-state index in [0.717, 1.165) is 23.7 Å². The van der Waals surface area contributed by atoms with E-state index in [1.165, 1.54) is 11.1 Å². The average molecular weight is 263 g/mol. The summed E-state index contributed by atoms with van der Waals surface area (Å²) in [4.78, 5) is 2.29. The first-order valence-electron chi connectivity index (χ1n) is 6.32. The third-order valence-electron chi connectivity index (χ3n) is 4.01. The maximum atomic E-state index is 9.24. The fourth-order valence-electron chi connectivity index (χ4n) is 2.96. The molecule has 2 rings (SSSR count). The molecule has 1 aliphatic rings. The van der Waals surface area contributed by atoms with Crippen LogP contribution in [0.25, 0.3) is 0 Å². The fourth-order valence-corrected chi connectivity index (χ4v) is 3.38. The van der Waals surface area contributed by atoms with Crippen LogP contribution in [0.15, 0.2) is 12.1 Å². The molecule has 1 unspecified atom stereocenters. The normalized spacial score (nSPS) is 22.0. The number of anilines is 1. The maximum absolute atomic E-state index is 9.24. The second kappa shape index (κ2) is 4.48. The number of aryl methyl sites for hydroxylation is 2. The highest BCUT2D eigenvalue weighted by Gasteiger charge is 2.42. The average Bonchev–Trinajstić information content (AvgIpc) is 2.53. The topological polar surface area (TPSA) is 27.0 Å². The van der Waals surface area contributed by atoms with Crippen LogP contribution in [0.3, 0.4) is 0 Å². The molecule has 0 saturated carbocycles. The van der Waals surface area contributed by atoms with Gasteiger partial charge in [0.15, 0.2) is 0 Å². The van der Waals surface area contributed by atoms with E-state index < -0.39 is 0 Å². The van der Waals surface area contributed by atoms with Crippen molar-refractivity contribution in [1.29, 1.82) is 5.26 Å². The fraction of sp³-hybridized carbons (Fsp3) is 0.533. The monoisotopic (exact) mass is 262 g/mol. The van der Waals surface area contributed by atoms with E-state index in [4.69, 9.17) is 11.6 Å². The van der Waals surface area contributed by atoms with E-state index >= 15 is 0 Å². The van der Waals surface area contributed by atoms with Crippen molar-refractivity contribution in [3.8, 4) is 6.07 Å². The maximum Gasteiger partial charge on any atom is 0.0706 e.